The van der Waals surface area contributed by atoms with Crippen LogP contribution in [0.3, 0.4) is 0 Å². The fourth-order valence-corrected chi connectivity index (χ4v) is 9.92. The lowest BCUT2D eigenvalue weighted by Crippen LogP contribution is -2.31. The number of nitrogens with zero attached hydrogens (tertiary/aromatic N) is 7. The second-order valence-corrected chi connectivity index (χ2v) is 17.2. The number of nitrogens with one attached hydrogen (secondary N) is 2. The van der Waals surface area contributed by atoms with Gasteiger partial charge >= 0.3 is 30.4 Å². The molecule has 3 aromatic rings. The van der Waals surface area contributed by atoms with Crippen molar-refractivity contribution in [1.82, 2.24) is 34.9 Å². The van der Waals surface area contributed by atoms with E-state index < -0.39 is 52.6 Å². The molecule has 0 aliphatic rings. The monoisotopic (exact) mass is 811 g/mol. The average Bonchev–Trinajstić information content (AvgIpc) is 3.09. The van der Waals surface area contributed by atoms with Crippen molar-refractivity contribution in [3.05, 3.63) is 18.2 Å². The van der Waals surface area contributed by atoms with Gasteiger partial charge < -0.3 is 46.8 Å². The predicted molar refractivity (Wildman–Crippen MR) is 192 cm³/mol. The quantitative estimate of drug-likeness (QED) is 0.118. The summed E-state index contributed by atoms with van der Waals surface area (Å²) in [5, 5.41) is 5.72. The largest absolute Gasteiger partial charge is 0.398 e. The van der Waals surface area contributed by atoms with Crippen LogP contribution in [-0.2, 0) is 54.5 Å². The van der Waals surface area contributed by atoms with Crippen LogP contribution >= 0.6 is 30.4 Å². The Balaban J connectivity index is 2.14. The highest BCUT2D eigenvalue weighted by molar-refractivity contribution is 7.63. The molecule has 290 valence electrons. The lowest BCUT2D eigenvalue weighted by molar-refractivity contribution is 0.225. The fraction of sp³-hybridized carbons (Fsp3) is 0.593. The Morgan fingerprint density at radius 3 is 0.846 bits per heavy atom. The number of anilines is 4. The zero-order chi connectivity index (χ0) is 38.4. The molecule has 0 aliphatic heterocycles. The van der Waals surface area contributed by atoms with Gasteiger partial charge in [0.05, 0.1) is 52.9 Å². The summed E-state index contributed by atoms with van der Waals surface area (Å²) in [6, 6.07) is 4.65. The van der Waals surface area contributed by atoms with Gasteiger partial charge in [-0.25, -0.2) is 4.98 Å². The molecule has 0 spiro atoms. The smallest absolute Gasteiger partial charge is 0.309 e. The molecular weight excluding hydrogens is 766 g/mol. The third-order valence-electron chi connectivity index (χ3n) is 5.82. The second kappa shape index (κ2) is 20.2. The van der Waals surface area contributed by atoms with E-state index in [1.165, 1.54) is 12.1 Å². The van der Waals surface area contributed by atoms with Crippen molar-refractivity contribution in [1.29, 1.82) is 0 Å². The fourth-order valence-electron chi connectivity index (χ4n) is 4.08. The summed E-state index contributed by atoms with van der Waals surface area (Å²) in [6.45, 7) is 12.8. The molecular formula is C27H45N9O12P4. The first kappa shape index (κ1) is 43.8. The molecule has 52 heavy (non-hydrogen) atoms. The molecule has 3 heterocycles. The van der Waals surface area contributed by atoms with E-state index in [1.54, 1.807) is 61.5 Å². The Morgan fingerprint density at radius 2 is 0.635 bits per heavy atom. The van der Waals surface area contributed by atoms with Crippen LogP contribution in [0.4, 0.5) is 23.5 Å². The Bertz CT molecular complexity index is 1560. The predicted octanol–water partition coefficient (Wildman–Crippen LogP) is 4.50. The van der Waals surface area contributed by atoms with E-state index in [-0.39, 0.29) is 76.4 Å². The molecule has 0 fully saturated rings. The summed E-state index contributed by atoms with van der Waals surface area (Å²) >= 11 is 0. The van der Waals surface area contributed by atoms with Crippen molar-refractivity contribution < 1.29 is 54.5 Å². The van der Waals surface area contributed by atoms with Crippen LogP contribution in [0.25, 0.3) is 0 Å². The van der Waals surface area contributed by atoms with E-state index in [9.17, 15) is 18.3 Å². The molecule has 21 nitrogen and oxygen atoms in total. The number of aromatic nitrogens is 7. The van der Waals surface area contributed by atoms with E-state index in [4.69, 9.17) is 36.2 Å². The molecule has 3 aromatic heterocycles. The van der Waals surface area contributed by atoms with Gasteiger partial charge in [-0.15, -0.1) is 0 Å². The van der Waals surface area contributed by atoms with Crippen molar-refractivity contribution in [3.8, 4) is 0 Å². The van der Waals surface area contributed by atoms with Gasteiger partial charge in [-0.2, -0.15) is 29.9 Å². The van der Waals surface area contributed by atoms with E-state index >= 15 is 0 Å². The van der Waals surface area contributed by atoms with Gasteiger partial charge in [-0.1, -0.05) is 6.07 Å². The van der Waals surface area contributed by atoms with Gasteiger partial charge in [0.15, 0.2) is 0 Å². The van der Waals surface area contributed by atoms with E-state index in [2.05, 4.69) is 45.5 Å². The zero-order valence-corrected chi connectivity index (χ0v) is 33.8. The highest BCUT2D eigenvalue weighted by Gasteiger charge is 2.39. The maximum absolute atomic E-state index is 13.7. The maximum atomic E-state index is 13.7. The van der Waals surface area contributed by atoms with Gasteiger partial charge in [0.25, 0.3) is 0 Å². The molecule has 0 atom stereocenters. The molecule has 0 amide bonds. The average molecular weight is 812 g/mol. The molecule has 2 N–H and O–H groups in total. The van der Waals surface area contributed by atoms with Crippen LogP contribution in [0.1, 0.15) is 55.4 Å². The normalized spacial score (nSPS) is 12.6. The molecule has 0 radical (unpaired) electrons. The molecule has 25 heteroatoms. The molecule has 0 aromatic carbocycles. The summed E-state index contributed by atoms with van der Waals surface area (Å²) in [5.41, 5.74) is -1.76. The standard InChI is InChI=1S/C27H45N9O12P4/c1-9-41-49(37,42-10-2)24-31-22(32-25(35-24)50(38,43-11-3)44-12-4)29-20-18-17-19-21(28-20)30-23-33-26(51(39,45-13-5)46-14-6)36-27(34-23)52(40,47-15-7)48-16-8/h17-19H,9-16H2,1-8H3,(H2,28,29,30,31,32,33,34,35,36). The second-order valence-electron chi connectivity index (χ2n) is 9.51. The number of hydrogen-bond donors (Lipinski definition) is 2. The SMILES string of the molecule is CCOP(=O)(OCC)c1nc(Nc2cccc(Nc3nc(P(=O)(OCC)OCC)nc(P(=O)(OCC)OCC)n3)n2)nc(P(=O)(OCC)OCC)n1. The third kappa shape index (κ3) is 11.2. The molecule has 0 saturated heterocycles. The van der Waals surface area contributed by atoms with Gasteiger partial charge in [0.2, 0.25) is 34.2 Å². The summed E-state index contributed by atoms with van der Waals surface area (Å²) in [7, 11) is -16.5. The molecule has 3 rings (SSSR count). The number of rotatable bonds is 24. The van der Waals surface area contributed by atoms with Crippen molar-refractivity contribution in [2.45, 2.75) is 55.4 Å². The highest BCUT2D eigenvalue weighted by atomic mass is 31.2. The van der Waals surface area contributed by atoms with Crippen LogP contribution < -0.4 is 32.9 Å². The minimum absolute atomic E-state index is 0.0133. The lowest BCUT2D eigenvalue weighted by atomic mass is 10.4. The van der Waals surface area contributed by atoms with Crippen LogP contribution in [0, 0.1) is 0 Å². The Hall–Kier alpha value is -2.63. The van der Waals surface area contributed by atoms with Crippen LogP contribution in [0.2, 0.25) is 0 Å². The first-order chi connectivity index (χ1) is 24.8. The van der Waals surface area contributed by atoms with Crippen molar-refractivity contribution >= 4 is 76.2 Å². The number of hydrogen-bond acceptors (Lipinski definition) is 21. The van der Waals surface area contributed by atoms with Gasteiger partial charge in [0, 0.05) is 0 Å². The van der Waals surface area contributed by atoms with E-state index in [0.29, 0.717) is 0 Å². The van der Waals surface area contributed by atoms with Crippen LogP contribution in [0.15, 0.2) is 18.2 Å². The number of pyridine rings is 1. The topological polar surface area (TPSA) is 256 Å². The minimum Gasteiger partial charge on any atom is -0.309 e. The minimum atomic E-state index is -4.13. The lowest BCUT2D eigenvalue weighted by Gasteiger charge is -2.20. The summed E-state index contributed by atoms with van der Waals surface area (Å²) in [6.07, 6.45) is 0. The van der Waals surface area contributed by atoms with Crippen LogP contribution in [-0.4, -0.2) is 87.7 Å². The van der Waals surface area contributed by atoms with E-state index in [1.807, 2.05) is 0 Å². The van der Waals surface area contributed by atoms with Crippen molar-refractivity contribution in [2.75, 3.05) is 63.5 Å². The van der Waals surface area contributed by atoms with E-state index in [0.717, 1.165) is 0 Å². The van der Waals surface area contributed by atoms with Crippen molar-refractivity contribution in [3.63, 3.8) is 0 Å². The summed E-state index contributed by atoms with van der Waals surface area (Å²) in [4.78, 5) is 29.7. The zero-order valence-electron chi connectivity index (χ0n) is 30.2. The van der Waals surface area contributed by atoms with Gasteiger partial charge in [-0.3, -0.25) is 18.3 Å². The molecule has 0 saturated carbocycles. The third-order valence-corrected chi connectivity index (χ3v) is 13.4. The highest BCUT2D eigenvalue weighted by Crippen LogP contribution is 2.50. The first-order valence-electron chi connectivity index (χ1n) is 16.4. The Kier molecular flexibility index (Phi) is 17.0. The molecule has 0 unspecified atom stereocenters. The maximum Gasteiger partial charge on any atom is 0.398 e. The van der Waals surface area contributed by atoms with Crippen molar-refractivity contribution in [2.24, 2.45) is 0 Å². The summed E-state index contributed by atoms with van der Waals surface area (Å²) in [5.74, 6) is -0.289. The molecule has 0 aliphatic carbocycles. The van der Waals surface area contributed by atoms with Crippen LogP contribution in [0.5, 0.6) is 0 Å². The first-order valence-corrected chi connectivity index (χ1v) is 22.6. The molecule has 0 bridgehead atoms. The Labute approximate surface area is 302 Å². The van der Waals surface area contributed by atoms with Gasteiger partial charge in [0.1, 0.15) is 11.6 Å². The Morgan fingerprint density at radius 1 is 0.404 bits per heavy atom. The van der Waals surface area contributed by atoms with Gasteiger partial charge in [-0.05, 0) is 67.5 Å². The summed E-state index contributed by atoms with van der Waals surface area (Å²) < 4.78 is 98.2.